The minimum atomic E-state index is -0.176. The van der Waals surface area contributed by atoms with E-state index in [1.54, 1.807) is 0 Å². The van der Waals surface area contributed by atoms with Gasteiger partial charge in [0.2, 0.25) is 0 Å². The van der Waals surface area contributed by atoms with Gasteiger partial charge in [-0.3, -0.25) is 5.84 Å². The van der Waals surface area contributed by atoms with Crippen LogP contribution in [-0.2, 0) is 11.3 Å². The third kappa shape index (κ3) is 3.25. The van der Waals surface area contributed by atoms with Gasteiger partial charge in [0.15, 0.2) is 0 Å². The van der Waals surface area contributed by atoms with Crippen LogP contribution in [0.25, 0.3) is 0 Å². The van der Waals surface area contributed by atoms with Crippen molar-refractivity contribution in [3.63, 3.8) is 0 Å². The minimum Gasteiger partial charge on any atom is -0.372 e. The van der Waals surface area contributed by atoms with Crippen molar-refractivity contribution in [3.05, 3.63) is 54.1 Å². The summed E-state index contributed by atoms with van der Waals surface area (Å²) >= 11 is 0. The topological polar surface area (TPSA) is 65.1 Å². The van der Waals surface area contributed by atoms with E-state index in [2.05, 4.69) is 17.3 Å². The van der Waals surface area contributed by atoms with Gasteiger partial charge < -0.3 is 9.30 Å². The summed E-state index contributed by atoms with van der Waals surface area (Å²) in [5.41, 5.74) is 4.81. The van der Waals surface area contributed by atoms with Gasteiger partial charge in [-0.25, -0.2) is 10.4 Å². The largest absolute Gasteiger partial charge is 0.372 e. The van der Waals surface area contributed by atoms with Crippen molar-refractivity contribution in [2.45, 2.75) is 32.5 Å². The number of benzene rings is 1. The van der Waals surface area contributed by atoms with Crippen LogP contribution in [0.3, 0.4) is 0 Å². The Morgan fingerprint density at radius 3 is 2.60 bits per heavy atom. The van der Waals surface area contributed by atoms with E-state index in [-0.39, 0.29) is 12.1 Å². The van der Waals surface area contributed by atoms with Crippen molar-refractivity contribution < 1.29 is 4.74 Å². The van der Waals surface area contributed by atoms with Crippen molar-refractivity contribution in [2.75, 3.05) is 6.61 Å². The molecule has 0 aliphatic heterocycles. The average Bonchev–Trinajstić information content (AvgIpc) is 2.97. The van der Waals surface area contributed by atoms with Crippen LogP contribution in [0.2, 0.25) is 0 Å². The molecule has 2 atom stereocenters. The normalized spacial score (nSPS) is 14.2. The summed E-state index contributed by atoms with van der Waals surface area (Å²) in [7, 11) is 0. The molecule has 0 aliphatic rings. The van der Waals surface area contributed by atoms with Crippen molar-refractivity contribution in [1.29, 1.82) is 0 Å². The summed E-state index contributed by atoms with van der Waals surface area (Å²) in [4.78, 5) is 4.43. The molecule has 2 rings (SSSR count). The van der Waals surface area contributed by atoms with Gasteiger partial charge in [0.05, 0.1) is 18.1 Å². The predicted octanol–water partition coefficient (Wildman–Crippen LogP) is 2.19. The van der Waals surface area contributed by atoms with Gasteiger partial charge in [-0.1, -0.05) is 30.3 Å². The average molecular weight is 274 g/mol. The molecule has 2 unspecified atom stereocenters. The first-order valence-electron chi connectivity index (χ1n) is 6.94. The standard InChI is InChI=1S/C15H22N4O/c1-3-19-10-13(17-11-19)14(18-16)15(20-4-2)12-8-6-5-7-9-12/h5-11,14-15,18H,3-4,16H2,1-2H3. The van der Waals surface area contributed by atoms with Crippen LogP contribution in [-0.4, -0.2) is 16.2 Å². The van der Waals surface area contributed by atoms with Crippen molar-refractivity contribution in [2.24, 2.45) is 5.84 Å². The Morgan fingerprint density at radius 1 is 1.30 bits per heavy atom. The smallest absolute Gasteiger partial charge is 0.105 e. The molecule has 0 spiro atoms. The van der Waals surface area contributed by atoms with E-state index in [4.69, 9.17) is 10.6 Å². The third-order valence-corrected chi connectivity index (χ3v) is 3.29. The molecule has 2 aromatic rings. The summed E-state index contributed by atoms with van der Waals surface area (Å²) in [6.45, 7) is 5.56. The highest BCUT2D eigenvalue weighted by Crippen LogP contribution is 2.30. The van der Waals surface area contributed by atoms with Crippen LogP contribution >= 0.6 is 0 Å². The number of hydrogen-bond donors (Lipinski definition) is 2. The first-order valence-corrected chi connectivity index (χ1v) is 6.94. The van der Waals surface area contributed by atoms with E-state index in [9.17, 15) is 0 Å². The van der Waals surface area contributed by atoms with Gasteiger partial charge in [0.1, 0.15) is 6.10 Å². The molecule has 0 radical (unpaired) electrons. The fourth-order valence-electron chi connectivity index (χ4n) is 2.25. The lowest BCUT2D eigenvalue weighted by Gasteiger charge is -2.25. The molecule has 3 N–H and O–H groups in total. The summed E-state index contributed by atoms with van der Waals surface area (Å²) in [5, 5.41) is 0. The Labute approximate surface area is 119 Å². The highest BCUT2D eigenvalue weighted by Gasteiger charge is 2.26. The minimum absolute atomic E-state index is 0.161. The molecule has 5 nitrogen and oxygen atoms in total. The number of hydrogen-bond acceptors (Lipinski definition) is 4. The Kier molecular flexibility index (Phi) is 5.29. The molecule has 0 saturated carbocycles. The zero-order valence-electron chi connectivity index (χ0n) is 12.0. The molecule has 0 fully saturated rings. The third-order valence-electron chi connectivity index (χ3n) is 3.29. The molecule has 0 bridgehead atoms. The van der Waals surface area contributed by atoms with E-state index in [0.717, 1.165) is 17.8 Å². The van der Waals surface area contributed by atoms with E-state index in [1.165, 1.54) is 0 Å². The second-order valence-corrected chi connectivity index (χ2v) is 4.56. The highest BCUT2D eigenvalue weighted by molar-refractivity contribution is 5.22. The lowest BCUT2D eigenvalue weighted by atomic mass is 10.0. The van der Waals surface area contributed by atoms with Crippen LogP contribution in [0, 0.1) is 0 Å². The van der Waals surface area contributed by atoms with Crippen LogP contribution in [0.4, 0.5) is 0 Å². The molecule has 108 valence electrons. The molecule has 5 heteroatoms. The van der Waals surface area contributed by atoms with Crippen LogP contribution in [0.1, 0.15) is 37.3 Å². The molecule has 1 aromatic carbocycles. The van der Waals surface area contributed by atoms with E-state index in [0.29, 0.717) is 6.61 Å². The summed E-state index contributed by atoms with van der Waals surface area (Å²) in [6, 6.07) is 9.90. The van der Waals surface area contributed by atoms with Crippen LogP contribution < -0.4 is 11.3 Å². The van der Waals surface area contributed by atoms with Gasteiger partial charge in [0.25, 0.3) is 0 Å². The molecule has 0 aliphatic carbocycles. The summed E-state index contributed by atoms with van der Waals surface area (Å²) < 4.78 is 7.91. The number of ether oxygens (including phenoxy) is 1. The number of nitrogens with two attached hydrogens (primary N) is 1. The number of aromatic nitrogens is 2. The molecule has 1 heterocycles. The SMILES string of the molecule is CCOC(c1ccccc1)C(NN)c1cn(CC)cn1. The number of rotatable bonds is 7. The first-order chi connectivity index (χ1) is 9.80. The van der Waals surface area contributed by atoms with Gasteiger partial charge in [0, 0.05) is 19.3 Å². The Balaban J connectivity index is 2.30. The second-order valence-electron chi connectivity index (χ2n) is 4.56. The van der Waals surface area contributed by atoms with Crippen molar-refractivity contribution in [3.8, 4) is 0 Å². The quantitative estimate of drug-likeness (QED) is 0.600. The number of nitrogens with one attached hydrogen (secondary N) is 1. The zero-order chi connectivity index (χ0) is 14.4. The number of imidazole rings is 1. The predicted molar refractivity (Wildman–Crippen MR) is 78.8 cm³/mol. The number of nitrogens with zero attached hydrogens (tertiary/aromatic N) is 2. The maximum Gasteiger partial charge on any atom is 0.105 e. The molecule has 1 aromatic heterocycles. The molecule has 0 amide bonds. The van der Waals surface area contributed by atoms with Gasteiger partial charge >= 0.3 is 0 Å². The highest BCUT2D eigenvalue weighted by atomic mass is 16.5. The van der Waals surface area contributed by atoms with Crippen LogP contribution in [0.15, 0.2) is 42.9 Å². The number of hydrazine groups is 1. The summed E-state index contributed by atoms with van der Waals surface area (Å²) in [6.07, 6.45) is 3.65. The monoisotopic (exact) mass is 274 g/mol. The lowest BCUT2D eigenvalue weighted by molar-refractivity contribution is 0.0316. The zero-order valence-corrected chi connectivity index (χ0v) is 12.0. The molecule has 20 heavy (non-hydrogen) atoms. The Hall–Kier alpha value is -1.69. The fourth-order valence-corrected chi connectivity index (χ4v) is 2.25. The Morgan fingerprint density at radius 2 is 2.05 bits per heavy atom. The van der Waals surface area contributed by atoms with E-state index in [1.807, 2.05) is 54.3 Å². The van der Waals surface area contributed by atoms with Gasteiger partial charge in [-0.15, -0.1) is 0 Å². The van der Waals surface area contributed by atoms with Crippen molar-refractivity contribution >= 4 is 0 Å². The van der Waals surface area contributed by atoms with Crippen LogP contribution in [0.5, 0.6) is 0 Å². The fraction of sp³-hybridized carbons (Fsp3) is 0.400. The van der Waals surface area contributed by atoms with E-state index >= 15 is 0 Å². The van der Waals surface area contributed by atoms with E-state index < -0.39 is 0 Å². The summed E-state index contributed by atoms with van der Waals surface area (Å²) in [5.74, 6) is 5.74. The number of aryl methyl sites for hydroxylation is 1. The van der Waals surface area contributed by atoms with Gasteiger partial charge in [-0.05, 0) is 19.4 Å². The Bertz CT molecular complexity index is 512. The first kappa shape index (κ1) is 14.7. The molecular formula is C15H22N4O. The van der Waals surface area contributed by atoms with Crippen molar-refractivity contribution in [1.82, 2.24) is 15.0 Å². The maximum atomic E-state index is 5.89. The molecular weight excluding hydrogens is 252 g/mol. The maximum absolute atomic E-state index is 5.89. The second kappa shape index (κ2) is 7.19. The lowest BCUT2D eigenvalue weighted by Crippen LogP contribution is -2.34. The van der Waals surface area contributed by atoms with Gasteiger partial charge in [-0.2, -0.15) is 0 Å². The molecule has 0 saturated heterocycles.